The summed E-state index contributed by atoms with van der Waals surface area (Å²) < 4.78 is 0. The number of carbonyl (C=O) groups is 1. The van der Waals surface area contributed by atoms with E-state index in [9.17, 15) is 4.79 Å². The van der Waals surface area contributed by atoms with Gasteiger partial charge in [0.25, 0.3) is 0 Å². The molecule has 0 saturated carbocycles. The zero-order valence-electron chi connectivity index (χ0n) is 9.59. The van der Waals surface area contributed by atoms with Gasteiger partial charge in [-0.15, -0.1) is 11.3 Å². The first kappa shape index (κ1) is 13.4. The lowest BCUT2D eigenvalue weighted by atomic mass is 10.2. The highest BCUT2D eigenvalue weighted by Gasteiger charge is 2.05. The number of carboxylic acids is 1. The highest BCUT2D eigenvalue weighted by atomic mass is 32.1. The molecule has 90 valence electrons. The van der Waals surface area contributed by atoms with Gasteiger partial charge in [-0.05, 0) is 30.1 Å². The average molecular weight is 250 g/mol. The molecule has 0 amide bonds. The van der Waals surface area contributed by atoms with Crippen LogP contribution in [0.4, 0.5) is 0 Å². The second kappa shape index (κ2) is 6.84. The fraction of sp³-hybridized carbons (Fsp3) is 0.333. The number of rotatable bonds is 6. The van der Waals surface area contributed by atoms with Crippen LogP contribution >= 0.6 is 11.3 Å². The molecule has 0 aliphatic rings. The second-order valence-electron chi connectivity index (χ2n) is 3.62. The summed E-state index contributed by atoms with van der Waals surface area (Å²) in [5.41, 5.74) is 0.932. The van der Waals surface area contributed by atoms with Crippen LogP contribution in [0.25, 0.3) is 6.08 Å². The molecule has 0 saturated heterocycles. The predicted molar refractivity (Wildman–Crippen MR) is 67.6 cm³/mol. The molecule has 0 fully saturated rings. The third-order valence-corrected chi connectivity index (χ3v) is 3.13. The van der Waals surface area contributed by atoms with Crippen LogP contribution in [0.1, 0.15) is 16.9 Å². The fourth-order valence-corrected chi connectivity index (χ4v) is 2.30. The molecule has 0 unspecified atom stereocenters. The molecule has 0 atom stereocenters. The van der Waals surface area contributed by atoms with Crippen molar-refractivity contribution < 1.29 is 9.90 Å². The molecule has 5 heteroatoms. The Labute approximate surface area is 104 Å². The first-order chi connectivity index (χ1) is 8.13. The van der Waals surface area contributed by atoms with Gasteiger partial charge in [-0.3, -0.25) is 0 Å². The van der Waals surface area contributed by atoms with Gasteiger partial charge in [-0.25, -0.2) is 4.79 Å². The minimum atomic E-state index is -0.944. The highest BCUT2D eigenvalue weighted by Crippen LogP contribution is 2.20. The maximum Gasteiger partial charge on any atom is 0.328 e. The minimum absolute atomic E-state index is 0.502. The Hall–Kier alpha value is -1.64. The number of thiophene rings is 1. The molecule has 1 heterocycles. The maximum absolute atomic E-state index is 10.4. The summed E-state index contributed by atoms with van der Waals surface area (Å²) in [5.74, 6) is -0.944. The van der Waals surface area contributed by atoms with Crippen LogP contribution in [-0.4, -0.2) is 29.6 Å². The van der Waals surface area contributed by atoms with Gasteiger partial charge in [-0.2, -0.15) is 5.26 Å². The van der Waals surface area contributed by atoms with E-state index >= 15 is 0 Å². The Morgan fingerprint density at radius 1 is 1.71 bits per heavy atom. The van der Waals surface area contributed by atoms with E-state index in [0.717, 1.165) is 29.6 Å². The van der Waals surface area contributed by atoms with E-state index in [1.807, 2.05) is 23.4 Å². The summed E-state index contributed by atoms with van der Waals surface area (Å²) in [6.45, 7) is 1.45. The zero-order chi connectivity index (χ0) is 12.7. The number of nitrogens with zero attached hydrogens (tertiary/aromatic N) is 2. The molecule has 1 aromatic rings. The van der Waals surface area contributed by atoms with Crippen molar-refractivity contribution in [1.82, 2.24) is 4.90 Å². The largest absolute Gasteiger partial charge is 0.478 e. The van der Waals surface area contributed by atoms with Crippen molar-refractivity contribution in [1.29, 1.82) is 5.26 Å². The van der Waals surface area contributed by atoms with Crippen molar-refractivity contribution in [3.05, 3.63) is 28.0 Å². The second-order valence-corrected chi connectivity index (χ2v) is 4.62. The number of carboxylic acid groups (broad SMARTS) is 1. The Balaban J connectivity index is 2.63. The van der Waals surface area contributed by atoms with E-state index in [4.69, 9.17) is 10.4 Å². The number of hydrogen-bond acceptors (Lipinski definition) is 4. The lowest BCUT2D eigenvalue weighted by Gasteiger charge is -2.13. The Morgan fingerprint density at radius 2 is 2.47 bits per heavy atom. The summed E-state index contributed by atoms with van der Waals surface area (Å²) in [6.07, 6.45) is 3.25. The zero-order valence-corrected chi connectivity index (χ0v) is 10.4. The van der Waals surface area contributed by atoms with Crippen molar-refractivity contribution in [2.24, 2.45) is 0 Å². The van der Waals surface area contributed by atoms with E-state index in [1.165, 1.54) is 0 Å². The van der Waals surface area contributed by atoms with E-state index in [2.05, 4.69) is 6.07 Å². The molecule has 1 rings (SSSR count). The van der Waals surface area contributed by atoms with Crippen molar-refractivity contribution in [3.63, 3.8) is 0 Å². The lowest BCUT2D eigenvalue weighted by molar-refractivity contribution is -0.131. The normalized spacial score (nSPS) is 10.9. The monoisotopic (exact) mass is 250 g/mol. The van der Waals surface area contributed by atoms with Gasteiger partial charge in [0.15, 0.2) is 0 Å². The molecule has 1 aromatic heterocycles. The van der Waals surface area contributed by atoms with Gasteiger partial charge in [0.05, 0.1) is 6.07 Å². The Bertz CT molecular complexity index is 446. The molecular weight excluding hydrogens is 236 g/mol. The van der Waals surface area contributed by atoms with Crippen LogP contribution in [0, 0.1) is 11.3 Å². The SMILES string of the molecule is CN(CCC#N)Cc1sccc1C=CC(=O)O. The summed E-state index contributed by atoms with van der Waals surface area (Å²) >= 11 is 1.59. The van der Waals surface area contributed by atoms with Gasteiger partial charge >= 0.3 is 5.97 Å². The highest BCUT2D eigenvalue weighted by molar-refractivity contribution is 7.10. The molecule has 4 nitrogen and oxygen atoms in total. The van der Waals surface area contributed by atoms with E-state index in [-0.39, 0.29) is 0 Å². The van der Waals surface area contributed by atoms with Crippen LogP contribution in [0.2, 0.25) is 0 Å². The molecule has 0 radical (unpaired) electrons. The molecule has 0 bridgehead atoms. The molecule has 17 heavy (non-hydrogen) atoms. The molecule has 0 aliphatic carbocycles. The summed E-state index contributed by atoms with van der Waals surface area (Å²) in [6, 6.07) is 4.00. The molecule has 0 spiro atoms. The van der Waals surface area contributed by atoms with Gasteiger partial charge in [-0.1, -0.05) is 0 Å². The molecular formula is C12H14N2O2S. The third-order valence-electron chi connectivity index (χ3n) is 2.20. The number of hydrogen-bond donors (Lipinski definition) is 1. The quantitative estimate of drug-likeness (QED) is 0.786. The van der Waals surface area contributed by atoms with Gasteiger partial charge in [0.2, 0.25) is 0 Å². The molecule has 1 N–H and O–H groups in total. The molecule has 0 aromatic carbocycles. The molecule has 0 aliphatic heterocycles. The Morgan fingerprint density at radius 3 is 3.12 bits per heavy atom. The third kappa shape index (κ3) is 4.81. The average Bonchev–Trinajstić information content (AvgIpc) is 2.71. The topological polar surface area (TPSA) is 64.3 Å². The smallest absolute Gasteiger partial charge is 0.328 e. The minimum Gasteiger partial charge on any atom is -0.478 e. The van der Waals surface area contributed by atoms with Gasteiger partial charge in [0.1, 0.15) is 0 Å². The van der Waals surface area contributed by atoms with Crippen LogP contribution in [0.5, 0.6) is 0 Å². The van der Waals surface area contributed by atoms with Crippen molar-refractivity contribution in [2.75, 3.05) is 13.6 Å². The van der Waals surface area contributed by atoms with Crippen molar-refractivity contribution in [3.8, 4) is 6.07 Å². The standard InChI is InChI=1S/C12H14N2O2S/c1-14(7-2-6-13)9-11-10(5-8-17-11)3-4-12(15)16/h3-5,8H,2,7,9H2,1H3,(H,15,16). The number of aliphatic carboxylic acids is 1. The van der Waals surface area contributed by atoms with Gasteiger partial charge < -0.3 is 10.0 Å². The fourth-order valence-electron chi connectivity index (χ4n) is 1.35. The van der Waals surface area contributed by atoms with Crippen molar-refractivity contribution >= 4 is 23.4 Å². The van der Waals surface area contributed by atoms with Crippen LogP contribution in [0.3, 0.4) is 0 Å². The van der Waals surface area contributed by atoms with E-state index in [1.54, 1.807) is 17.4 Å². The summed E-state index contributed by atoms with van der Waals surface area (Å²) in [4.78, 5) is 13.6. The van der Waals surface area contributed by atoms with Crippen LogP contribution in [-0.2, 0) is 11.3 Å². The number of nitriles is 1. The predicted octanol–water partition coefficient (Wildman–Crippen LogP) is 2.19. The maximum atomic E-state index is 10.4. The first-order valence-corrected chi connectivity index (χ1v) is 6.04. The van der Waals surface area contributed by atoms with Crippen molar-refractivity contribution in [2.45, 2.75) is 13.0 Å². The van der Waals surface area contributed by atoms with Crippen LogP contribution < -0.4 is 0 Å². The summed E-state index contributed by atoms with van der Waals surface area (Å²) in [5, 5.41) is 19.0. The van der Waals surface area contributed by atoms with Crippen LogP contribution in [0.15, 0.2) is 17.5 Å². The van der Waals surface area contributed by atoms with E-state index in [0.29, 0.717) is 6.42 Å². The Kier molecular flexibility index (Phi) is 5.40. The lowest BCUT2D eigenvalue weighted by Crippen LogP contribution is -2.18. The van der Waals surface area contributed by atoms with Gasteiger partial charge in [0, 0.05) is 30.5 Å². The first-order valence-electron chi connectivity index (χ1n) is 5.16. The van der Waals surface area contributed by atoms with E-state index < -0.39 is 5.97 Å². The summed E-state index contributed by atoms with van der Waals surface area (Å²) in [7, 11) is 1.95.